The molecule has 1 N–H and O–H groups in total. The van der Waals surface area contributed by atoms with Crippen LogP contribution in [0.4, 0.5) is 19.3 Å². The maximum absolute atomic E-state index is 13.1. The molecule has 0 spiro atoms. The standard InChI is InChI=1S/C16H21ClF2N4O3/c1-22-14(24)13(17)12(8-20-22)23-7-4-11(9-23)26-15(25)21-10-2-5-16(18,19)6-3-10/h8,10-11H,2-7,9H2,1H3,(H,21,25)/t11-/m1/s1. The van der Waals surface area contributed by atoms with E-state index in [9.17, 15) is 18.4 Å². The van der Waals surface area contributed by atoms with E-state index in [2.05, 4.69) is 10.4 Å². The van der Waals surface area contributed by atoms with Crippen LogP contribution >= 0.6 is 11.6 Å². The Balaban J connectivity index is 1.51. The van der Waals surface area contributed by atoms with E-state index >= 15 is 0 Å². The summed E-state index contributed by atoms with van der Waals surface area (Å²) < 4.78 is 32.8. The molecule has 1 atom stereocenters. The summed E-state index contributed by atoms with van der Waals surface area (Å²) in [5.74, 6) is -2.63. The molecular formula is C16H21ClF2N4O3. The van der Waals surface area contributed by atoms with Gasteiger partial charge >= 0.3 is 6.09 Å². The number of hydrogen-bond acceptors (Lipinski definition) is 5. The fourth-order valence-electron chi connectivity index (χ4n) is 3.30. The van der Waals surface area contributed by atoms with Crippen LogP contribution in [0.15, 0.2) is 11.0 Å². The van der Waals surface area contributed by atoms with Crippen LogP contribution in [-0.2, 0) is 11.8 Å². The molecule has 1 saturated carbocycles. The highest BCUT2D eigenvalue weighted by molar-refractivity contribution is 6.33. The van der Waals surface area contributed by atoms with Crippen molar-refractivity contribution in [3.8, 4) is 0 Å². The largest absolute Gasteiger partial charge is 0.444 e. The van der Waals surface area contributed by atoms with Gasteiger partial charge < -0.3 is 15.0 Å². The smallest absolute Gasteiger partial charge is 0.407 e. The van der Waals surface area contributed by atoms with Crippen LogP contribution in [0.2, 0.25) is 5.02 Å². The number of ether oxygens (including phenoxy) is 1. The van der Waals surface area contributed by atoms with E-state index in [1.54, 1.807) is 0 Å². The first kappa shape index (κ1) is 18.9. The molecule has 1 aliphatic heterocycles. The molecule has 0 unspecified atom stereocenters. The Kier molecular flexibility index (Phi) is 5.36. The van der Waals surface area contributed by atoms with Gasteiger partial charge in [-0.15, -0.1) is 0 Å². The third kappa shape index (κ3) is 4.25. The van der Waals surface area contributed by atoms with Crippen molar-refractivity contribution in [3.05, 3.63) is 21.6 Å². The third-order valence-corrected chi connectivity index (χ3v) is 5.21. The number of halogens is 3. The summed E-state index contributed by atoms with van der Waals surface area (Å²) in [7, 11) is 1.51. The first-order valence-corrected chi connectivity index (χ1v) is 8.95. The maximum atomic E-state index is 13.1. The first-order chi connectivity index (χ1) is 12.2. The Morgan fingerprint density at radius 1 is 1.38 bits per heavy atom. The minimum Gasteiger partial charge on any atom is -0.444 e. The van der Waals surface area contributed by atoms with E-state index in [1.807, 2.05) is 4.90 Å². The van der Waals surface area contributed by atoms with E-state index < -0.39 is 12.0 Å². The number of amides is 1. The van der Waals surface area contributed by atoms with Gasteiger partial charge in [-0.1, -0.05) is 11.6 Å². The number of alkyl carbamates (subject to hydrolysis) is 1. The van der Waals surface area contributed by atoms with Crippen LogP contribution in [0.25, 0.3) is 0 Å². The van der Waals surface area contributed by atoms with E-state index in [1.165, 1.54) is 13.2 Å². The van der Waals surface area contributed by atoms with Gasteiger partial charge in [0.2, 0.25) is 5.92 Å². The van der Waals surface area contributed by atoms with E-state index in [4.69, 9.17) is 16.3 Å². The number of anilines is 1. The average molecular weight is 391 g/mol. The van der Waals surface area contributed by atoms with Crippen molar-refractivity contribution in [1.29, 1.82) is 0 Å². The number of nitrogens with zero attached hydrogens (tertiary/aromatic N) is 3. The van der Waals surface area contributed by atoms with Gasteiger partial charge in [0.15, 0.2) is 0 Å². The van der Waals surface area contributed by atoms with Crippen molar-refractivity contribution >= 4 is 23.4 Å². The number of carbonyl (C=O) groups excluding carboxylic acids is 1. The lowest BCUT2D eigenvalue weighted by molar-refractivity contribution is -0.0406. The first-order valence-electron chi connectivity index (χ1n) is 8.57. The summed E-state index contributed by atoms with van der Waals surface area (Å²) in [5, 5.41) is 6.70. The summed E-state index contributed by atoms with van der Waals surface area (Å²) in [6, 6.07) is -0.282. The number of aromatic nitrogens is 2. The molecule has 1 aliphatic carbocycles. The third-order valence-electron chi connectivity index (χ3n) is 4.86. The Morgan fingerprint density at radius 3 is 2.77 bits per heavy atom. The average Bonchev–Trinajstić information content (AvgIpc) is 3.03. The molecule has 0 bridgehead atoms. The van der Waals surface area contributed by atoms with Crippen LogP contribution in [0.3, 0.4) is 0 Å². The zero-order chi connectivity index (χ0) is 18.9. The van der Waals surface area contributed by atoms with E-state index in [-0.39, 0.29) is 48.4 Å². The van der Waals surface area contributed by atoms with Gasteiger partial charge in [0.1, 0.15) is 11.1 Å². The molecule has 7 nitrogen and oxygen atoms in total. The van der Waals surface area contributed by atoms with Crippen molar-refractivity contribution < 1.29 is 18.3 Å². The predicted molar refractivity (Wildman–Crippen MR) is 91.9 cm³/mol. The molecule has 2 heterocycles. The molecule has 10 heteroatoms. The van der Waals surface area contributed by atoms with Gasteiger partial charge in [0.25, 0.3) is 5.56 Å². The van der Waals surface area contributed by atoms with Crippen molar-refractivity contribution in [2.24, 2.45) is 7.05 Å². The molecule has 144 valence electrons. The zero-order valence-electron chi connectivity index (χ0n) is 14.4. The number of alkyl halides is 2. The van der Waals surface area contributed by atoms with Crippen molar-refractivity contribution in [1.82, 2.24) is 15.1 Å². The second-order valence-electron chi connectivity index (χ2n) is 6.81. The highest BCUT2D eigenvalue weighted by Gasteiger charge is 2.36. The SMILES string of the molecule is Cn1ncc(N2CC[C@@H](OC(=O)NC3CCC(F)(F)CC3)C2)c(Cl)c1=O. The Hall–Kier alpha value is -1.90. The molecular weight excluding hydrogens is 370 g/mol. The molecule has 2 aliphatic rings. The summed E-state index contributed by atoms with van der Waals surface area (Å²) in [4.78, 5) is 25.7. The monoisotopic (exact) mass is 390 g/mol. The van der Waals surface area contributed by atoms with Gasteiger partial charge in [0, 0.05) is 38.9 Å². The van der Waals surface area contributed by atoms with Crippen LogP contribution in [0, 0.1) is 0 Å². The molecule has 1 aromatic heterocycles. The fraction of sp³-hybridized carbons (Fsp3) is 0.688. The molecule has 1 amide bonds. The molecule has 26 heavy (non-hydrogen) atoms. The van der Waals surface area contributed by atoms with Gasteiger partial charge in [0.05, 0.1) is 18.4 Å². The number of aryl methyl sites for hydroxylation is 1. The Morgan fingerprint density at radius 2 is 2.08 bits per heavy atom. The lowest BCUT2D eigenvalue weighted by atomic mass is 9.92. The normalized spacial score (nSPS) is 23.1. The van der Waals surface area contributed by atoms with E-state index in [0.29, 0.717) is 25.2 Å². The second kappa shape index (κ2) is 7.38. The molecule has 1 saturated heterocycles. The van der Waals surface area contributed by atoms with Gasteiger partial charge in [-0.25, -0.2) is 18.3 Å². The maximum Gasteiger partial charge on any atom is 0.407 e. The highest BCUT2D eigenvalue weighted by atomic mass is 35.5. The summed E-state index contributed by atoms with van der Waals surface area (Å²) in [5.41, 5.74) is 0.121. The van der Waals surface area contributed by atoms with Gasteiger partial charge in [-0.2, -0.15) is 5.10 Å². The van der Waals surface area contributed by atoms with Crippen LogP contribution in [0.1, 0.15) is 32.1 Å². The summed E-state index contributed by atoms with van der Waals surface area (Å²) in [6.07, 6.45) is 1.19. The minimum atomic E-state index is -2.63. The minimum absolute atomic E-state index is 0.0794. The topological polar surface area (TPSA) is 76.5 Å². The van der Waals surface area contributed by atoms with E-state index in [0.717, 1.165) is 4.68 Å². The second-order valence-corrected chi connectivity index (χ2v) is 7.19. The molecule has 1 aromatic rings. The summed E-state index contributed by atoms with van der Waals surface area (Å²) in [6.45, 7) is 0.965. The van der Waals surface area contributed by atoms with Crippen molar-refractivity contribution in [2.45, 2.75) is 50.2 Å². The van der Waals surface area contributed by atoms with Crippen LogP contribution in [0.5, 0.6) is 0 Å². The lowest BCUT2D eigenvalue weighted by Crippen LogP contribution is -2.42. The number of nitrogens with one attached hydrogen (secondary N) is 1. The Labute approximate surface area is 154 Å². The number of hydrogen-bond donors (Lipinski definition) is 1. The van der Waals surface area contributed by atoms with Gasteiger partial charge in [-0.05, 0) is 12.8 Å². The number of carbonyl (C=O) groups is 1. The van der Waals surface area contributed by atoms with Crippen LogP contribution in [-0.4, -0.2) is 47.0 Å². The lowest BCUT2D eigenvalue weighted by Gasteiger charge is -2.28. The van der Waals surface area contributed by atoms with Crippen LogP contribution < -0.4 is 15.8 Å². The predicted octanol–water partition coefficient (Wildman–Crippen LogP) is 2.32. The molecule has 3 rings (SSSR count). The summed E-state index contributed by atoms with van der Waals surface area (Å²) >= 11 is 6.09. The molecule has 0 radical (unpaired) electrons. The quantitative estimate of drug-likeness (QED) is 0.857. The Bertz CT molecular complexity index is 733. The zero-order valence-corrected chi connectivity index (χ0v) is 15.1. The van der Waals surface area contributed by atoms with Gasteiger partial charge in [-0.3, -0.25) is 4.79 Å². The van der Waals surface area contributed by atoms with Crippen molar-refractivity contribution in [2.75, 3.05) is 18.0 Å². The fourth-order valence-corrected chi connectivity index (χ4v) is 3.59. The van der Waals surface area contributed by atoms with Crippen molar-refractivity contribution in [3.63, 3.8) is 0 Å². The number of rotatable bonds is 3. The molecule has 2 fully saturated rings. The highest BCUT2D eigenvalue weighted by Crippen LogP contribution is 2.33. The molecule has 0 aromatic carbocycles.